The van der Waals surface area contributed by atoms with Gasteiger partial charge in [0.05, 0.1) is 0 Å². The maximum atomic E-state index is 13.0. The summed E-state index contributed by atoms with van der Waals surface area (Å²) in [6.07, 6.45) is 5.41. The molecule has 1 atom stereocenters. The number of carbonyl (C=O) groups is 3. The highest BCUT2D eigenvalue weighted by Crippen LogP contribution is 2.63. The van der Waals surface area contributed by atoms with Crippen molar-refractivity contribution in [2.75, 3.05) is 32.8 Å². The summed E-state index contributed by atoms with van der Waals surface area (Å²) in [6, 6.07) is 5.47. The zero-order valence-electron chi connectivity index (χ0n) is 19.6. The Morgan fingerprint density at radius 2 is 1.85 bits per heavy atom. The van der Waals surface area contributed by atoms with Gasteiger partial charge in [0.25, 0.3) is 5.91 Å². The first kappa shape index (κ1) is 22.2. The van der Waals surface area contributed by atoms with Crippen molar-refractivity contribution >= 4 is 17.7 Å². The topological polar surface area (TPSA) is 102 Å². The van der Waals surface area contributed by atoms with E-state index in [4.69, 9.17) is 0 Å². The molecule has 0 radical (unpaired) electrons. The lowest BCUT2D eigenvalue weighted by molar-refractivity contribution is -0.188. The van der Waals surface area contributed by atoms with Gasteiger partial charge in [0.15, 0.2) is 0 Å². The molecule has 2 bridgehead atoms. The second-order valence-corrected chi connectivity index (χ2v) is 11.4. The lowest BCUT2D eigenvalue weighted by Crippen LogP contribution is -2.67. The molecule has 8 heteroatoms. The number of hydrogen-bond acceptors (Lipinski definition) is 6. The number of benzene rings is 1. The number of amides is 3. The van der Waals surface area contributed by atoms with Crippen LogP contribution >= 0.6 is 0 Å². The van der Waals surface area contributed by atoms with Crippen LogP contribution < -0.4 is 10.6 Å². The Morgan fingerprint density at radius 1 is 1.06 bits per heavy atom. The summed E-state index contributed by atoms with van der Waals surface area (Å²) in [5.74, 6) is -0.0341. The van der Waals surface area contributed by atoms with Crippen LogP contribution in [0.5, 0.6) is 0 Å². The largest absolute Gasteiger partial charge is 0.396 e. The Balaban J connectivity index is 1.17. The van der Waals surface area contributed by atoms with Crippen LogP contribution in [0.1, 0.15) is 60.0 Å². The predicted octanol–water partition coefficient (Wildman–Crippen LogP) is 1.02. The predicted molar refractivity (Wildman–Crippen MR) is 125 cm³/mol. The van der Waals surface area contributed by atoms with Crippen LogP contribution in [0, 0.1) is 16.7 Å². The van der Waals surface area contributed by atoms with E-state index in [2.05, 4.69) is 21.6 Å². The number of aliphatic hydroxyl groups is 1. The molecule has 3 N–H and O–H groups in total. The van der Waals surface area contributed by atoms with Crippen LogP contribution in [-0.4, -0.2) is 71.5 Å². The number of rotatable bonds is 5. The molecule has 5 fully saturated rings. The first-order valence-electron chi connectivity index (χ1n) is 12.7. The molecule has 7 rings (SSSR count). The number of fused-ring (bicyclic) bond motifs is 3. The monoisotopic (exact) mass is 466 g/mol. The summed E-state index contributed by atoms with van der Waals surface area (Å²) in [5.41, 5.74) is 3.16. The third kappa shape index (κ3) is 3.58. The Kier molecular flexibility index (Phi) is 5.31. The van der Waals surface area contributed by atoms with Crippen LogP contribution in [0.2, 0.25) is 0 Å². The van der Waals surface area contributed by atoms with Gasteiger partial charge in [-0.25, -0.2) is 0 Å². The minimum absolute atomic E-state index is 0.0401. The Labute approximate surface area is 200 Å². The number of hydrogen-bond donors (Lipinski definition) is 3. The Morgan fingerprint density at radius 3 is 2.59 bits per heavy atom. The van der Waals surface area contributed by atoms with Crippen molar-refractivity contribution in [3.8, 4) is 0 Å². The van der Waals surface area contributed by atoms with E-state index in [0.29, 0.717) is 23.9 Å². The Bertz CT molecular complexity index is 1030. The molecule has 1 saturated carbocycles. The van der Waals surface area contributed by atoms with E-state index in [1.807, 2.05) is 12.1 Å². The summed E-state index contributed by atoms with van der Waals surface area (Å²) in [7, 11) is 0. The fourth-order valence-electron chi connectivity index (χ4n) is 7.75. The number of piperidine rings is 4. The molecule has 6 aliphatic rings. The Hall–Kier alpha value is -2.29. The molecule has 1 aromatic carbocycles. The quantitative estimate of drug-likeness (QED) is 0.560. The van der Waals surface area contributed by atoms with Crippen LogP contribution in [0.15, 0.2) is 18.2 Å². The molecule has 5 heterocycles. The van der Waals surface area contributed by atoms with E-state index >= 15 is 0 Å². The van der Waals surface area contributed by atoms with E-state index in [0.717, 1.165) is 57.0 Å². The van der Waals surface area contributed by atoms with Crippen molar-refractivity contribution in [2.24, 2.45) is 16.7 Å². The zero-order chi connectivity index (χ0) is 23.5. The number of nitrogens with zero attached hydrogens (tertiary/aromatic N) is 2. The van der Waals surface area contributed by atoms with Gasteiger partial charge in [-0.05, 0) is 73.7 Å². The van der Waals surface area contributed by atoms with E-state index in [1.54, 1.807) is 4.90 Å². The molecule has 0 aromatic heterocycles. The van der Waals surface area contributed by atoms with Gasteiger partial charge < -0.3 is 15.3 Å². The third-order valence-electron chi connectivity index (χ3n) is 9.09. The van der Waals surface area contributed by atoms with E-state index in [9.17, 15) is 19.5 Å². The second kappa shape index (κ2) is 8.14. The van der Waals surface area contributed by atoms with Crippen molar-refractivity contribution < 1.29 is 19.5 Å². The van der Waals surface area contributed by atoms with Crippen molar-refractivity contribution in [3.05, 3.63) is 34.9 Å². The maximum Gasteiger partial charge on any atom is 0.255 e. The van der Waals surface area contributed by atoms with Crippen molar-refractivity contribution in [2.45, 2.75) is 57.7 Å². The van der Waals surface area contributed by atoms with Crippen LogP contribution in [0.4, 0.5) is 0 Å². The first-order valence-corrected chi connectivity index (χ1v) is 12.7. The summed E-state index contributed by atoms with van der Waals surface area (Å²) >= 11 is 0. The van der Waals surface area contributed by atoms with E-state index < -0.39 is 6.04 Å². The maximum absolute atomic E-state index is 13.0. The molecule has 4 saturated heterocycles. The van der Waals surface area contributed by atoms with Gasteiger partial charge in [0.1, 0.15) is 6.04 Å². The molecule has 1 aliphatic carbocycles. The number of nitrogens with one attached hydrogen (secondary N) is 2. The zero-order valence-corrected chi connectivity index (χ0v) is 19.6. The van der Waals surface area contributed by atoms with E-state index in [-0.39, 0.29) is 36.2 Å². The second-order valence-electron chi connectivity index (χ2n) is 11.4. The van der Waals surface area contributed by atoms with Gasteiger partial charge in [-0.2, -0.15) is 0 Å². The average molecular weight is 467 g/mol. The highest BCUT2D eigenvalue weighted by atomic mass is 16.3. The minimum atomic E-state index is -0.579. The van der Waals surface area contributed by atoms with Crippen molar-refractivity contribution in [3.63, 3.8) is 0 Å². The molecule has 182 valence electrons. The molecule has 5 aliphatic heterocycles. The molecular weight excluding hydrogens is 432 g/mol. The van der Waals surface area contributed by atoms with Crippen molar-refractivity contribution in [1.29, 1.82) is 0 Å². The summed E-state index contributed by atoms with van der Waals surface area (Å²) in [4.78, 5) is 40.9. The van der Waals surface area contributed by atoms with Gasteiger partial charge in [-0.1, -0.05) is 12.1 Å². The normalized spacial score (nSPS) is 34.1. The molecule has 3 amide bonds. The SMILES string of the molecule is O=C1CCC(N2Cc3cc(CN4CC5(CO)CC(C6CCNCC6)(C4)C5)ccc3C2=O)C(=O)N1. The lowest BCUT2D eigenvalue weighted by atomic mass is 9.45. The molecule has 1 aromatic rings. The highest BCUT2D eigenvalue weighted by Gasteiger charge is 2.61. The lowest BCUT2D eigenvalue weighted by Gasteiger charge is -2.66. The molecule has 0 spiro atoms. The number of carbonyl (C=O) groups excluding carboxylic acids is 3. The molecule has 1 unspecified atom stereocenters. The first-order chi connectivity index (χ1) is 16.4. The number of aliphatic hydroxyl groups excluding tert-OH is 1. The molecule has 8 nitrogen and oxygen atoms in total. The van der Waals surface area contributed by atoms with Crippen LogP contribution in [0.3, 0.4) is 0 Å². The summed E-state index contributed by atoms with van der Waals surface area (Å²) in [5, 5.41) is 16.0. The average Bonchev–Trinajstić information content (AvgIpc) is 3.14. The fraction of sp³-hybridized carbons (Fsp3) is 0.654. The molecular formula is C26H34N4O4. The van der Waals surface area contributed by atoms with Crippen molar-refractivity contribution in [1.82, 2.24) is 20.4 Å². The third-order valence-corrected chi connectivity index (χ3v) is 9.09. The fourth-order valence-corrected chi connectivity index (χ4v) is 7.75. The van der Waals surface area contributed by atoms with Gasteiger partial charge in [0, 0.05) is 50.2 Å². The standard InChI is InChI=1S/C26H34N4O4/c31-16-25-12-26(13-25,19-5-7-27-8-6-19)15-29(14-25)10-17-1-2-20-18(9-17)11-30(24(20)34)21-3-4-22(32)28-23(21)33/h1-2,9,19,21,27,31H,3-8,10-16H2,(H,28,32,33). The van der Waals surface area contributed by atoms with Crippen LogP contribution in [-0.2, 0) is 22.7 Å². The van der Waals surface area contributed by atoms with Gasteiger partial charge in [0.2, 0.25) is 11.8 Å². The smallest absolute Gasteiger partial charge is 0.255 e. The van der Waals surface area contributed by atoms with E-state index in [1.165, 1.54) is 18.4 Å². The summed E-state index contributed by atoms with van der Waals surface area (Å²) < 4.78 is 0. The van der Waals surface area contributed by atoms with Gasteiger partial charge in [-0.15, -0.1) is 0 Å². The van der Waals surface area contributed by atoms with Gasteiger partial charge >= 0.3 is 0 Å². The minimum Gasteiger partial charge on any atom is -0.396 e. The van der Waals surface area contributed by atoms with Gasteiger partial charge in [-0.3, -0.25) is 24.6 Å². The molecule has 34 heavy (non-hydrogen) atoms. The van der Waals surface area contributed by atoms with Crippen LogP contribution in [0.25, 0.3) is 0 Å². The number of imide groups is 1. The highest BCUT2D eigenvalue weighted by molar-refractivity contribution is 6.05. The summed E-state index contributed by atoms with van der Waals surface area (Å²) in [6.45, 7) is 5.69.